The molecule has 1 aromatic rings. The van der Waals surface area contributed by atoms with Crippen LogP contribution in [0.25, 0.3) is 0 Å². The number of likely N-dealkylation sites (tertiary alicyclic amines) is 1. The van der Waals surface area contributed by atoms with Gasteiger partial charge in [-0.1, -0.05) is 0 Å². The van der Waals surface area contributed by atoms with Crippen molar-refractivity contribution in [3.63, 3.8) is 0 Å². The quantitative estimate of drug-likeness (QED) is 0.655. The zero-order chi connectivity index (χ0) is 21.9. The van der Waals surface area contributed by atoms with Gasteiger partial charge in [-0.05, 0) is 50.6 Å². The highest BCUT2D eigenvalue weighted by molar-refractivity contribution is 7.17. The molecule has 166 valence electrons. The molecule has 1 atom stereocenters. The third-order valence-corrected chi connectivity index (χ3v) is 6.50. The molecular weight excluding hydrogens is 423 g/mol. The average Bonchev–Trinajstić information content (AvgIpc) is 3.28. The van der Waals surface area contributed by atoms with Crippen LogP contribution in [0.3, 0.4) is 0 Å². The summed E-state index contributed by atoms with van der Waals surface area (Å²) in [5.41, 5.74) is 1.30. The SMILES string of the molecule is COC(=O)c1c(NC(=O)CN2CCC[C@@H]2C(=O)NCC(F)(F)F)sc2c1CCCC2. The summed E-state index contributed by atoms with van der Waals surface area (Å²) in [5, 5.41) is 5.06. The van der Waals surface area contributed by atoms with E-state index < -0.39 is 36.5 Å². The van der Waals surface area contributed by atoms with Gasteiger partial charge in [0.15, 0.2) is 0 Å². The van der Waals surface area contributed by atoms with Crippen molar-refractivity contribution >= 4 is 34.1 Å². The minimum atomic E-state index is -4.49. The van der Waals surface area contributed by atoms with Gasteiger partial charge in [0.05, 0.1) is 25.3 Å². The van der Waals surface area contributed by atoms with E-state index >= 15 is 0 Å². The molecule has 3 rings (SSSR count). The van der Waals surface area contributed by atoms with Gasteiger partial charge in [-0.2, -0.15) is 13.2 Å². The Balaban J connectivity index is 1.66. The molecule has 11 heteroatoms. The van der Waals surface area contributed by atoms with E-state index in [1.165, 1.54) is 18.4 Å². The second kappa shape index (κ2) is 9.34. The predicted molar refractivity (Wildman–Crippen MR) is 105 cm³/mol. The second-order valence-electron chi connectivity index (χ2n) is 7.42. The molecule has 2 heterocycles. The number of alkyl halides is 3. The minimum Gasteiger partial charge on any atom is -0.465 e. The van der Waals surface area contributed by atoms with Crippen molar-refractivity contribution in [1.82, 2.24) is 10.2 Å². The van der Waals surface area contributed by atoms with Crippen LogP contribution >= 0.6 is 11.3 Å². The van der Waals surface area contributed by atoms with Crippen molar-refractivity contribution in [1.29, 1.82) is 0 Å². The number of ether oxygens (including phenoxy) is 1. The number of hydrogen-bond donors (Lipinski definition) is 2. The third kappa shape index (κ3) is 5.31. The maximum Gasteiger partial charge on any atom is 0.405 e. The van der Waals surface area contributed by atoms with Crippen LogP contribution in [-0.4, -0.2) is 61.6 Å². The lowest BCUT2D eigenvalue weighted by molar-refractivity contribution is -0.141. The van der Waals surface area contributed by atoms with E-state index in [4.69, 9.17) is 4.74 Å². The highest BCUT2D eigenvalue weighted by atomic mass is 32.1. The molecule has 2 aliphatic rings. The van der Waals surface area contributed by atoms with Crippen LogP contribution in [0, 0.1) is 0 Å². The number of halogens is 3. The normalized spacial score (nSPS) is 19.3. The molecule has 1 aliphatic carbocycles. The van der Waals surface area contributed by atoms with Crippen LogP contribution in [-0.2, 0) is 27.2 Å². The number of carbonyl (C=O) groups excluding carboxylic acids is 3. The number of esters is 1. The molecule has 30 heavy (non-hydrogen) atoms. The van der Waals surface area contributed by atoms with Crippen molar-refractivity contribution in [3.8, 4) is 0 Å². The number of methoxy groups -OCH3 is 1. The number of nitrogens with one attached hydrogen (secondary N) is 2. The fraction of sp³-hybridized carbons (Fsp3) is 0.632. The number of amides is 2. The summed E-state index contributed by atoms with van der Waals surface area (Å²) in [6.45, 7) is -1.11. The average molecular weight is 447 g/mol. The summed E-state index contributed by atoms with van der Waals surface area (Å²) < 4.78 is 41.9. The first-order valence-corrected chi connectivity index (χ1v) is 10.6. The Morgan fingerprint density at radius 1 is 1.20 bits per heavy atom. The zero-order valence-corrected chi connectivity index (χ0v) is 17.4. The first-order chi connectivity index (χ1) is 14.2. The van der Waals surface area contributed by atoms with E-state index in [1.54, 1.807) is 4.90 Å². The number of thiophene rings is 1. The molecule has 1 saturated heterocycles. The van der Waals surface area contributed by atoms with Gasteiger partial charge in [0.2, 0.25) is 11.8 Å². The number of rotatable bonds is 6. The number of hydrogen-bond acceptors (Lipinski definition) is 6. The van der Waals surface area contributed by atoms with Crippen LogP contribution in [0.1, 0.15) is 46.5 Å². The van der Waals surface area contributed by atoms with Crippen LogP contribution in [0.4, 0.5) is 18.2 Å². The monoisotopic (exact) mass is 447 g/mol. The zero-order valence-electron chi connectivity index (χ0n) is 16.6. The number of fused-ring (bicyclic) bond motifs is 1. The van der Waals surface area contributed by atoms with Crippen molar-refractivity contribution in [2.75, 3.05) is 32.1 Å². The molecule has 0 aromatic carbocycles. The number of nitrogens with zero attached hydrogens (tertiary/aromatic N) is 1. The van der Waals surface area contributed by atoms with Crippen LogP contribution in [0.5, 0.6) is 0 Å². The lowest BCUT2D eigenvalue weighted by Gasteiger charge is -2.23. The molecule has 0 saturated carbocycles. The molecule has 1 aromatic heterocycles. The predicted octanol–water partition coefficient (Wildman–Crippen LogP) is 2.49. The highest BCUT2D eigenvalue weighted by Crippen LogP contribution is 2.38. The molecule has 2 N–H and O–H groups in total. The Labute approximate surface area is 175 Å². The highest BCUT2D eigenvalue weighted by Gasteiger charge is 2.35. The van der Waals surface area contributed by atoms with E-state index in [0.717, 1.165) is 36.1 Å². The maximum atomic E-state index is 12.6. The Hall–Kier alpha value is -2.14. The molecule has 1 aliphatic heterocycles. The van der Waals surface area contributed by atoms with Gasteiger partial charge in [-0.15, -0.1) is 11.3 Å². The topological polar surface area (TPSA) is 87.7 Å². The van der Waals surface area contributed by atoms with E-state index in [1.807, 2.05) is 5.32 Å². The minimum absolute atomic E-state index is 0.146. The van der Waals surface area contributed by atoms with Gasteiger partial charge in [0.1, 0.15) is 11.5 Å². The third-order valence-electron chi connectivity index (χ3n) is 5.29. The molecule has 2 amide bonds. The maximum absolute atomic E-state index is 12.6. The van der Waals surface area contributed by atoms with Crippen molar-refractivity contribution < 1.29 is 32.3 Å². The lowest BCUT2D eigenvalue weighted by atomic mass is 9.95. The van der Waals surface area contributed by atoms with Crippen molar-refractivity contribution in [2.24, 2.45) is 0 Å². The van der Waals surface area contributed by atoms with Gasteiger partial charge in [0.25, 0.3) is 0 Å². The number of anilines is 1. The van der Waals surface area contributed by atoms with Gasteiger partial charge < -0.3 is 15.4 Å². The van der Waals surface area contributed by atoms with Crippen molar-refractivity contribution in [3.05, 3.63) is 16.0 Å². The first kappa shape index (κ1) is 22.5. The molecule has 1 fully saturated rings. The van der Waals surface area contributed by atoms with Crippen LogP contribution < -0.4 is 10.6 Å². The molecule has 0 radical (unpaired) electrons. The van der Waals surface area contributed by atoms with E-state index in [-0.39, 0.29) is 6.54 Å². The Bertz CT molecular complexity index is 825. The first-order valence-electron chi connectivity index (χ1n) is 9.81. The van der Waals surface area contributed by atoms with E-state index in [0.29, 0.717) is 30.0 Å². The largest absolute Gasteiger partial charge is 0.465 e. The van der Waals surface area contributed by atoms with E-state index in [9.17, 15) is 27.6 Å². The summed E-state index contributed by atoms with van der Waals surface area (Å²) in [7, 11) is 1.29. The van der Waals surface area contributed by atoms with Gasteiger partial charge >= 0.3 is 12.1 Å². The summed E-state index contributed by atoms with van der Waals surface area (Å²) in [4.78, 5) is 39.6. The van der Waals surface area contributed by atoms with Gasteiger partial charge in [0, 0.05) is 4.88 Å². The van der Waals surface area contributed by atoms with Crippen molar-refractivity contribution in [2.45, 2.75) is 50.7 Å². The van der Waals surface area contributed by atoms with Gasteiger partial charge in [-0.25, -0.2) is 4.79 Å². The Morgan fingerprint density at radius 3 is 2.63 bits per heavy atom. The molecule has 0 bridgehead atoms. The number of carbonyl (C=O) groups is 3. The second-order valence-corrected chi connectivity index (χ2v) is 8.52. The number of aryl methyl sites for hydroxylation is 1. The fourth-order valence-electron chi connectivity index (χ4n) is 3.94. The molecule has 0 unspecified atom stereocenters. The van der Waals surface area contributed by atoms with Crippen LogP contribution in [0.15, 0.2) is 0 Å². The fourth-order valence-corrected chi connectivity index (χ4v) is 5.23. The summed E-state index contributed by atoms with van der Waals surface area (Å²) in [6, 6.07) is -0.783. The summed E-state index contributed by atoms with van der Waals surface area (Å²) in [6.07, 6.45) is 0.0790. The standard InChI is InChI=1S/C19H24F3N3O4S/c1-29-18(28)15-11-5-2-3-7-13(11)30-17(15)24-14(26)9-25-8-4-6-12(25)16(27)23-10-19(20,21)22/h12H,2-10H2,1H3,(H,23,27)(H,24,26)/t12-/m1/s1. The van der Waals surface area contributed by atoms with E-state index in [2.05, 4.69) is 5.32 Å². The Morgan fingerprint density at radius 2 is 1.93 bits per heavy atom. The van der Waals surface area contributed by atoms with Gasteiger partial charge in [-0.3, -0.25) is 14.5 Å². The smallest absolute Gasteiger partial charge is 0.405 e. The lowest BCUT2D eigenvalue weighted by Crippen LogP contribution is -2.47. The van der Waals surface area contributed by atoms with Crippen LogP contribution in [0.2, 0.25) is 0 Å². The Kier molecular flexibility index (Phi) is 7.02. The summed E-state index contributed by atoms with van der Waals surface area (Å²) >= 11 is 1.35. The molecule has 7 nitrogen and oxygen atoms in total. The molecule has 0 spiro atoms. The summed E-state index contributed by atoms with van der Waals surface area (Å²) in [5.74, 6) is -1.66. The molecular formula is C19H24F3N3O4S.